The Morgan fingerprint density at radius 1 is 0.450 bits per heavy atom. The predicted octanol–water partition coefficient (Wildman–Crippen LogP) is 12.6. The van der Waals surface area contributed by atoms with E-state index in [1.165, 1.54) is 10.9 Å². The van der Waals surface area contributed by atoms with E-state index in [0.717, 1.165) is 77.4 Å². The smallest absolute Gasteiger partial charge is 0.164 e. The summed E-state index contributed by atoms with van der Waals surface area (Å²) in [6.45, 7) is 4.25. The lowest BCUT2D eigenvalue weighted by molar-refractivity contribution is 1.07. The monoisotopic (exact) mass is 769 g/mol. The zero-order valence-electron chi connectivity index (χ0n) is 32.9. The van der Waals surface area contributed by atoms with Gasteiger partial charge in [-0.15, -0.1) is 0 Å². The van der Waals surface area contributed by atoms with Gasteiger partial charge in [-0.05, 0) is 68.4 Å². The normalized spacial score (nSPS) is 11.5. The van der Waals surface area contributed by atoms with Crippen molar-refractivity contribution in [2.24, 2.45) is 0 Å². The zero-order valence-corrected chi connectivity index (χ0v) is 32.9. The van der Waals surface area contributed by atoms with Gasteiger partial charge in [-0.2, -0.15) is 5.26 Å². The van der Waals surface area contributed by atoms with Crippen LogP contribution in [0.15, 0.2) is 176 Å². The third-order valence-corrected chi connectivity index (χ3v) is 11.4. The molecule has 7 nitrogen and oxygen atoms in total. The number of rotatable bonds is 6. The van der Waals surface area contributed by atoms with Gasteiger partial charge < -0.3 is 9.13 Å². The average Bonchev–Trinajstić information content (AvgIpc) is 3.80. The van der Waals surface area contributed by atoms with Crippen LogP contribution in [0.25, 0.3) is 100 Å². The van der Waals surface area contributed by atoms with E-state index in [1.807, 2.05) is 79.1 Å². The number of hydrogen-bond donors (Lipinski definition) is 0. The first-order chi connectivity index (χ1) is 29.5. The van der Waals surface area contributed by atoms with E-state index < -0.39 is 0 Å². The van der Waals surface area contributed by atoms with E-state index in [2.05, 4.69) is 126 Å². The second-order valence-electron chi connectivity index (χ2n) is 15.2. The van der Waals surface area contributed by atoms with Gasteiger partial charge in [-0.3, -0.25) is 4.98 Å². The van der Waals surface area contributed by atoms with E-state index in [9.17, 15) is 5.26 Å². The van der Waals surface area contributed by atoms with Gasteiger partial charge in [0.15, 0.2) is 17.5 Å². The molecule has 0 radical (unpaired) electrons. The molecule has 0 aliphatic rings. The number of nitrogens with zero attached hydrogens (tertiary/aromatic N) is 7. The minimum absolute atomic E-state index is 0.461. The molecule has 11 rings (SSSR count). The van der Waals surface area contributed by atoms with Crippen LogP contribution in [0, 0.1) is 25.2 Å². The SMILES string of the molecule is Cc1ccc2c(c1)c1ccccc1n2-c1ccncc1-c1cc(-c2nc(-c3ccccc3)nc(-c3ccccc3)n2)cc(C#N)c1-n1c2ccccc2c2cc(C)ccc21. The minimum atomic E-state index is 0.461. The first-order valence-corrected chi connectivity index (χ1v) is 19.9. The standard InChI is InChI=1S/C53H35N7/c1-33-21-23-47-41(27-33)39-17-9-11-19-45(39)59(47)49-25-26-55-32-44(49)43-30-37(53-57-51(35-13-5-3-6-14-35)56-52(58-53)36-15-7-4-8-16-36)29-38(31-54)50(43)60-46-20-12-10-18-40(46)42-28-34(2)22-24-48(42)60/h3-30,32H,1-2H3. The first kappa shape index (κ1) is 35.0. The zero-order chi connectivity index (χ0) is 40.3. The highest BCUT2D eigenvalue weighted by Gasteiger charge is 2.25. The van der Waals surface area contributed by atoms with Crippen molar-refractivity contribution in [1.82, 2.24) is 29.1 Å². The van der Waals surface area contributed by atoms with Crippen molar-refractivity contribution in [3.05, 3.63) is 193 Å². The highest BCUT2D eigenvalue weighted by molar-refractivity contribution is 6.12. The Morgan fingerprint density at radius 2 is 0.950 bits per heavy atom. The van der Waals surface area contributed by atoms with Gasteiger partial charge in [0.1, 0.15) is 6.07 Å². The molecule has 0 aliphatic carbocycles. The predicted molar refractivity (Wildman–Crippen MR) is 242 cm³/mol. The topological polar surface area (TPSA) is 85.2 Å². The summed E-state index contributed by atoms with van der Waals surface area (Å²) in [7, 11) is 0. The van der Waals surface area contributed by atoms with E-state index in [-0.39, 0.29) is 0 Å². The molecule has 11 aromatic rings. The lowest BCUT2D eigenvalue weighted by Crippen LogP contribution is -2.06. The molecule has 0 amide bonds. The Bertz CT molecular complexity index is 3460. The number of aromatic nitrogens is 6. The van der Waals surface area contributed by atoms with Gasteiger partial charge >= 0.3 is 0 Å². The molecule has 0 saturated heterocycles. The summed E-state index contributed by atoms with van der Waals surface area (Å²) in [6.07, 6.45) is 3.76. The average molecular weight is 770 g/mol. The van der Waals surface area contributed by atoms with Crippen molar-refractivity contribution in [3.63, 3.8) is 0 Å². The van der Waals surface area contributed by atoms with Gasteiger partial charge in [0.25, 0.3) is 0 Å². The Morgan fingerprint density at radius 3 is 1.53 bits per heavy atom. The number of hydrogen-bond acceptors (Lipinski definition) is 5. The maximum Gasteiger partial charge on any atom is 0.164 e. The third kappa shape index (κ3) is 5.65. The van der Waals surface area contributed by atoms with Gasteiger partial charge in [0, 0.05) is 61.8 Å². The molecule has 60 heavy (non-hydrogen) atoms. The number of benzene rings is 7. The van der Waals surface area contributed by atoms with Crippen molar-refractivity contribution >= 4 is 43.6 Å². The fraction of sp³-hybridized carbons (Fsp3) is 0.0377. The summed E-state index contributed by atoms with van der Waals surface area (Å²) in [5, 5.41) is 15.9. The van der Waals surface area contributed by atoms with Crippen molar-refractivity contribution in [3.8, 4) is 62.7 Å². The Kier molecular flexibility index (Phi) is 8.17. The number of para-hydroxylation sites is 2. The first-order valence-electron chi connectivity index (χ1n) is 19.9. The molecule has 0 unspecified atom stereocenters. The maximum atomic E-state index is 11.3. The lowest BCUT2D eigenvalue weighted by atomic mass is 9.96. The van der Waals surface area contributed by atoms with Crippen LogP contribution in [0.1, 0.15) is 16.7 Å². The molecule has 7 heteroatoms. The molecule has 0 spiro atoms. The number of fused-ring (bicyclic) bond motifs is 6. The van der Waals surface area contributed by atoms with E-state index in [0.29, 0.717) is 28.6 Å². The van der Waals surface area contributed by atoms with Crippen LogP contribution >= 0.6 is 0 Å². The van der Waals surface area contributed by atoms with Crippen LogP contribution in [0.5, 0.6) is 0 Å². The Hall–Kier alpha value is -8.21. The summed E-state index contributed by atoms with van der Waals surface area (Å²) in [6, 6.07) is 58.7. The fourth-order valence-electron chi connectivity index (χ4n) is 8.70. The van der Waals surface area contributed by atoms with Crippen LogP contribution in [0.4, 0.5) is 0 Å². The van der Waals surface area contributed by atoms with Crippen LogP contribution in [0.2, 0.25) is 0 Å². The highest BCUT2D eigenvalue weighted by Crippen LogP contribution is 2.43. The molecule has 0 fully saturated rings. The highest BCUT2D eigenvalue weighted by atomic mass is 15.0. The molecule has 0 bridgehead atoms. The Labute approximate surface area is 346 Å². The molecular formula is C53H35N7. The summed E-state index contributed by atoms with van der Waals surface area (Å²) >= 11 is 0. The van der Waals surface area contributed by atoms with Gasteiger partial charge in [-0.25, -0.2) is 15.0 Å². The molecule has 7 aromatic carbocycles. The fourth-order valence-corrected chi connectivity index (χ4v) is 8.70. The van der Waals surface area contributed by atoms with Crippen molar-refractivity contribution in [1.29, 1.82) is 5.26 Å². The summed E-state index contributed by atoms with van der Waals surface area (Å²) in [5.41, 5.74) is 12.8. The quantitative estimate of drug-likeness (QED) is 0.168. The summed E-state index contributed by atoms with van der Waals surface area (Å²) in [5.74, 6) is 1.55. The van der Waals surface area contributed by atoms with Crippen LogP contribution in [-0.2, 0) is 0 Å². The summed E-state index contributed by atoms with van der Waals surface area (Å²) < 4.78 is 4.56. The largest absolute Gasteiger partial charge is 0.309 e. The Balaban J connectivity index is 1.27. The number of pyridine rings is 1. The number of nitriles is 1. The van der Waals surface area contributed by atoms with E-state index >= 15 is 0 Å². The third-order valence-electron chi connectivity index (χ3n) is 11.4. The van der Waals surface area contributed by atoms with E-state index in [4.69, 9.17) is 19.9 Å². The van der Waals surface area contributed by atoms with Crippen LogP contribution in [0.3, 0.4) is 0 Å². The van der Waals surface area contributed by atoms with Crippen molar-refractivity contribution in [2.75, 3.05) is 0 Å². The minimum Gasteiger partial charge on any atom is -0.309 e. The summed E-state index contributed by atoms with van der Waals surface area (Å²) in [4.78, 5) is 20.0. The molecule has 282 valence electrons. The second kappa shape index (κ2) is 14.0. The molecular weight excluding hydrogens is 735 g/mol. The van der Waals surface area contributed by atoms with Gasteiger partial charge in [-0.1, -0.05) is 120 Å². The van der Waals surface area contributed by atoms with Crippen LogP contribution in [-0.4, -0.2) is 29.1 Å². The van der Waals surface area contributed by atoms with Crippen LogP contribution < -0.4 is 0 Å². The van der Waals surface area contributed by atoms with Gasteiger partial charge in [0.2, 0.25) is 0 Å². The maximum absolute atomic E-state index is 11.3. The molecule has 0 atom stereocenters. The molecule has 4 heterocycles. The van der Waals surface area contributed by atoms with Crippen molar-refractivity contribution in [2.45, 2.75) is 13.8 Å². The molecule has 0 aliphatic heterocycles. The van der Waals surface area contributed by atoms with E-state index in [1.54, 1.807) is 0 Å². The number of aryl methyl sites for hydroxylation is 2. The molecule has 0 N–H and O–H groups in total. The molecule has 0 saturated carbocycles. The van der Waals surface area contributed by atoms with Crippen molar-refractivity contribution < 1.29 is 0 Å². The second-order valence-corrected chi connectivity index (χ2v) is 15.2. The van der Waals surface area contributed by atoms with Gasteiger partial charge in [0.05, 0.1) is 39.0 Å². The lowest BCUT2D eigenvalue weighted by Gasteiger charge is -2.20. The molecule has 4 aromatic heterocycles.